The third-order valence-electron chi connectivity index (χ3n) is 1.88. The van der Waals surface area contributed by atoms with Gasteiger partial charge < -0.3 is 25.7 Å². The molecule has 1 fully saturated rings. The fraction of sp³-hybridized carbons (Fsp3) is 0.833. The van der Waals surface area contributed by atoms with Crippen molar-refractivity contribution in [2.45, 2.75) is 24.4 Å². The molecule has 5 N–H and O–H groups in total. The van der Waals surface area contributed by atoms with Gasteiger partial charge in [0.2, 0.25) is 0 Å². The number of hydrogen-bond acceptors (Lipinski definition) is 5. The Kier molecular flexibility index (Phi) is 2.63. The van der Waals surface area contributed by atoms with E-state index in [1.165, 1.54) is 0 Å². The molecule has 2 unspecified atom stereocenters. The number of carbonyl (C=O) groups is 1. The number of aliphatic hydroxyl groups excluding tert-OH is 4. The van der Waals surface area contributed by atoms with Crippen LogP contribution in [-0.2, 0) is 4.79 Å². The molecule has 70 valence electrons. The first-order chi connectivity index (χ1) is 5.57. The van der Waals surface area contributed by atoms with E-state index in [0.717, 1.165) is 0 Å². The van der Waals surface area contributed by atoms with Gasteiger partial charge in [0.25, 0.3) is 5.91 Å². The summed E-state index contributed by atoms with van der Waals surface area (Å²) in [5.41, 5.74) is 0. The Morgan fingerprint density at radius 1 is 1.25 bits per heavy atom. The first kappa shape index (κ1) is 9.40. The highest BCUT2D eigenvalue weighted by atomic mass is 16.4. The first-order valence-corrected chi connectivity index (χ1v) is 3.53. The van der Waals surface area contributed by atoms with Crippen molar-refractivity contribution in [3.05, 3.63) is 0 Å². The summed E-state index contributed by atoms with van der Waals surface area (Å²) in [6.45, 7) is -0.476. The molecule has 6 heteroatoms. The van der Waals surface area contributed by atoms with Crippen molar-refractivity contribution >= 4 is 5.91 Å². The Labute approximate surface area is 68.4 Å². The van der Waals surface area contributed by atoms with E-state index in [9.17, 15) is 4.79 Å². The lowest BCUT2D eigenvalue weighted by Crippen LogP contribution is -2.63. The number of hydrogen-bond donors (Lipinski definition) is 5. The van der Waals surface area contributed by atoms with Crippen molar-refractivity contribution in [1.82, 2.24) is 5.32 Å². The summed E-state index contributed by atoms with van der Waals surface area (Å²) in [4.78, 5) is 10.8. The molecule has 0 aromatic rings. The summed E-state index contributed by atoms with van der Waals surface area (Å²) in [5.74, 6) is -0.785. The van der Waals surface area contributed by atoms with Gasteiger partial charge in [0.1, 0.15) is 12.2 Å². The zero-order valence-electron chi connectivity index (χ0n) is 6.21. The van der Waals surface area contributed by atoms with Crippen molar-refractivity contribution in [3.8, 4) is 0 Å². The lowest BCUT2D eigenvalue weighted by atomic mass is 9.96. The summed E-state index contributed by atoms with van der Waals surface area (Å²) in [6.07, 6.45) is -4.48. The van der Waals surface area contributed by atoms with Crippen LogP contribution in [0.2, 0.25) is 0 Å². The summed E-state index contributed by atoms with van der Waals surface area (Å²) < 4.78 is 0. The topological polar surface area (TPSA) is 110 Å². The van der Waals surface area contributed by atoms with Crippen molar-refractivity contribution in [3.63, 3.8) is 0 Å². The Bertz CT molecular complexity index is 183. The number of amides is 1. The van der Waals surface area contributed by atoms with Crippen LogP contribution >= 0.6 is 0 Å². The molecule has 0 bridgehead atoms. The van der Waals surface area contributed by atoms with Gasteiger partial charge in [-0.05, 0) is 0 Å². The van der Waals surface area contributed by atoms with Crippen molar-refractivity contribution in [2.24, 2.45) is 0 Å². The lowest BCUT2D eigenvalue weighted by Gasteiger charge is -2.34. The van der Waals surface area contributed by atoms with Crippen LogP contribution in [0, 0.1) is 0 Å². The second kappa shape index (κ2) is 3.36. The maximum absolute atomic E-state index is 10.8. The summed E-state index contributed by atoms with van der Waals surface area (Å²) in [7, 11) is 0. The minimum absolute atomic E-state index is 0.476. The van der Waals surface area contributed by atoms with Crippen LogP contribution < -0.4 is 5.32 Å². The summed E-state index contributed by atoms with van der Waals surface area (Å²) in [5, 5.41) is 37.9. The van der Waals surface area contributed by atoms with Gasteiger partial charge in [-0.25, -0.2) is 0 Å². The molecular formula is C6H11NO5. The number of aliphatic hydroxyl groups is 4. The highest BCUT2D eigenvalue weighted by Crippen LogP contribution is 2.10. The largest absolute Gasteiger partial charge is 0.394 e. The fourth-order valence-electron chi connectivity index (χ4n) is 1.09. The number of nitrogens with one attached hydrogen (secondary N) is 1. The fourth-order valence-corrected chi connectivity index (χ4v) is 1.09. The average Bonchev–Trinajstić information content (AvgIpc) is 2.08. The Balaban J connectivity index is 2.70. The molecule has 1 aliphatic heterocycles. The molecule has 0 aromatic heterocycles. The van der Waals surface area contributed by atoms with E-state index >= 15 is 0 Å². The highest BCUT2D eigenvalue weighted by Gasteiger charge is 2.40. The minimum atomic E-state index is -1.62. The molecule has 1 amide bonds. The van der Waals surface area contributed by atoms with Crippen LogP contribution in [0.5, 0.6) is 0 Å². The van der Waals surface area contributed by atoms with Crippen molar-refractivity contribution in [2.75, 3.05) is 6.61 Å². The van der Waals surface area contributed by atoms with Crippen molar-refractivity contribution < 1.29 is 25.2 Å². The smallest absolute Gasteiger partial charge is 0.252 e. The molecule has 1 heterocycles. The third kappa shape index (κ3) is 1.42. The maximum atomic E-state index is 10.8. The average molecular weight is 177 g/mol. The molecule has 1 aliphatic rings. The van der Waals surface area contributed by atoms with Gasteiger partial charge in [0.15, 0.2) is 6.10 Å². The lowest BCUT2D eigenvalue weighted by molar-refractivity contribution is -0.155. The maximum Gasteiger partial charge on any atom is 0.252 e. The predicted octanol–water partition coefficient (Wildman–Crippen LogP) is -3.44. The van der Waals surface area contributed by atoms with Crippen LogP contribution in [0.25, 0.3) is 0 Å². The molecule has 4 atom stereocenters. The van der Waals surface area contributed by atoms with Gasteiger partial charge in [-0.2, -0.15) is 0 Å². The van der Waals surface area contributed by atoms with Gasteiger partial charge in [0, 0.05) is 0 Å². The molecule has 0 spiro atoms. The molecular weight excluding hydrogens is 166 g/mol. The molecule has 0 saturated carbocycles. The molecule has 1 saturated heterocycles. The highest BCUT2D eigenvalue weighted by molar-refractivity contribution is 5.82. The second-order valence-electron chi connectivity index (χ2n) is 2.72. The van der Waals surface area contributed by atoms with Gasteiger partial charge in [-0.1, -0.05) is 0 Å². The van der Waals surface area contributed by atoms with E-state index in [0.29, 0.717) is 0 Å². The summed E-state index contributed by atoms with van der Waals surface area (Å²) >= 11 is 0. The summed E-state index contributed by atoms with van der Waals surface area (Å²) in [6, 6.07) is -0.907. The normalized spacial score (nSPS) is 42.5. The molecule has 0 aromatic carbocycles. The Morgan fingerprint density at radius 2 is 1.83 bits per heavy atom. The predicted molar refractivity (Wildman–Crippen MR) is 37.0 cm³/mol. The van der Waals surface area contributed by atoms with Gasteiger partial charge in [-0.15, -0.1) is 0 Å². The number of rotatable bonds is 1. The van der Waals surface area contributed by atoms with E-state index in [1.807, 2.05) is 0 Å². The van der Waals surface area contributed by atoms with Crippen molar-refractivity contribution in [1.29, 1.82) is 0 Å². The van der Waals surface area contributed by atoms with Gasteiger partial charge in [-0.3, -0.25) is 4.79 Å². The van der Waals surface area contributed by atoms with E-state index in [2.05, 4.69) is 5.32 Å². The number of piperidine rings is 1. The van der Waals surface area contributed by atoms with E-state index in [-0.39, 0.29) is 0 Å². The van der Waals surface area contributed by atoms with Crippen LogP contribution in [-0.4, -0.2) is 57.3 Å². The zero-order valence-corrected chi connectivity index (χ0v) is 6.21. The molecule has 6 nitrogen and oxygen atoms in total. The van der Waals surface area contributed by atoms with Crippen LogP contribution in [0.1, 0.15) is 0 Å². The molecule has 0 radical (unpaired) electrons. The standard InChI is InChI=1S/C6H11NO5/c8-1-2-3(9)4(10)5(11)6(12)7-2/h2-5,8-11H,1H2,(H,7,12)/t2?,3-,4-,5?/m1/s1. The van der Waals surface area contributed by atoms with E-state index < -0.39 is 36.9 Å². The van der Waals surface area contributed by atoms with Crippen LogP contribution in [0.4, 0.5) is 0 Å². The quantitative estimate of drug-likeness (QED) is 0.286. The minimum Gasteiger partial charge on any atom is -0.394 e. The number of carbonyl (C=O) groups excluding carboxylic acids is 1. The molecule has 12 heavy (non-hydrogen) atoms. The van der Waals surface area contributed by atoms with E-state index in [4.69, 9.17) is 20.4 Å². The third-order valence-corrected chi connectivity index (χ3v) is 1.88. The van der Waals surface area contributed by atoms with Gasteiger partial charge in [0.05, 0.1) is 12.6 Å². The Hall–Kier alpha value is -0.690. The van der Waals surface area contributed by atoms with E-state index in [1.54, 1.807) is 0 Å². The van der Waals surface area contributed by atoms with Gasteiger partial charge >= 0.3 is 0 Å². The van der Waals surface area contributed by atoms with Crippen LogP contribution in [0.15, 0.2) is 0 Å². The van der Waals surface area contributed by atoms with Crippen LogP contribution in [0.3, 0.4) is 0 Å². The second-order valence-corrected chi connectivity index (χ2v) is 2.72. The molecule has 0 aliphatic carbocycles. The molecule has 1 rings (SSSR count). The Morgan fingerprint density at radius 3 is 2.33 bits per heavy atom. The zero-order chi connectivity index (χ0) is 9.30. The SMILES string of the molecule is O=C1NC(CO)[C@@H](O)[C@@H](O)C1O. The monoisotopic (exact) mass is 177 g/mol. The first-order valence-electron chi connectivity index (χ1n) is 3.53.